The van der Waals surface area contributed by atoms with E-state index in [1.807, 2.05) is 0 Å². The van der Waals surface area contributed by atoms with E-state index in [4.69, 9.17) is 22.9 Å². The van der Waals surface area contributed by atoms with E-state index in [1.165, 1.54) is 0 Å². The summed E-state index contributed by atoms with van der Waals surface area (Å²) in [4.78, 5) is 0. The lowest BCUT2D eigenvalue weighted by atomic mass is 10.4. The first-order chi connectivity index (χ1) is 9.77. The molecule has 116 valence electrons. The fraction of sp³-hybridized carbons (Fsp3) is 0.500. The van der Waals surface area contributed by atoms with Gasteiger partial charge in [0, 0.05) is 0 Å². The highest BCUT2D eigenvalue weighted by Gasteiger charge is 2.16. The Bertz CT molecular complexity index is 519. The molecule has 21 heavy (non-hydrogen) atoms. The monoisotopic (exact) mass is 294 g/mol. The number of quaternary nitrogens is 1. The van der Waals surface area contributed by atoms with E-state index < -0.39 is 0 Å². The Balaban J connectivity index is 1.86. The Kier molecular flexibility index (Phi) is 3.94. The van der Waals surface area contributed by atoms with Crippen LogP contribution in [0.2, 0.25) is 0 Å². The van der Waals surface area contributed by atoms with Gasteiger partial charge in [-0.3, -0.25) is 9.36 Å². The number of nitrogens with zero attached hydrogens (tertiary/aromatic N) is 5. The molecule has 8 N–H and O–H groups in total. The van der Waals surface area contributed by atoms with E-state index in [0.29, 0.717) is 23.0 Å². The predicted molar refractivity (Wildman–Crippen MR) is 83.9 cm³/mol. The third-order valence-corrected chi connectivity index (χ3v) is 3.51. The molecule has 0 atom stereocenters. The summed E-state index contributed by atoms with van der Waals surface area (Å²) in [7, 11) is 4.29. The van der Waals surface area contributed by atoms with Crippen LogP contribution in [0.3, 0.4) is 0 Å². The average molecular weight is 294 g/mol. The number of anilines is 4. The maximum absolute atomic E-state index is 5.68. The number of nitrogen functional groups attached to an aromatic ring is 4. The van der Waals surface area contributed by atoms with E-state index in [9.17, 15) is 0 Å². The molecular formula is C12H24N9+. The molecule has 2 heterocycles. The molecule has 0 spiro atoms. The van der Waals surface area contributed by atoms with Gasteiger partial charge in [0.25, 0.3) is 0 Å². The first-order valence-corrected chi connectivity index (χ1v) is 6.76. The Morgan fingerprint density at radius 2 is 1.24 bits per heavy atom. The molecule has 0 aromatic carbocycles. The molecule has 0 radical (unpaired) electrons. The van der Waals surface area contributed by atoms with Crippen LogP contribution in [0.15, 0.2) is 12.4 Å². The van der Waals surface area contributed by atoms with Gasteiger partial charge in [0.1, 0.15) is 0 Å². The van der Waals surface area contributed by atoms with Crippen molar-refractivity contribution >= 4 is 23.0 Å². The minimum Gasteiger partial charge on any atom is -0.394 e. The van der Waals surface area contributed by atoms with Crippen LogP contribution in [0, 0.1) is 0 Å². The number of hydrogen-bond acceptors (Lipinski definition) is 6. The second-order valence-electron chi connectivity index (χ2n) is 5.85. The zero-order chi connectivity index (χ0) is 15.6. The van der Waals surface area contributed by atoms with Crippen molar-refractivity contribution in [3.8, 4) is 0 Å². The largest absolute Gasteiger partial charge is 0.394 e. The van der Waals surface area contributed by atoms with Crippen LogP contribution in [0.5, 0.6) is 0 Å². The van der Waals surface area contributed by atoms with Crippen molar-refractivity contribution in [1.29, 1.82) is 0 Å². The second kappa shape index (κ2) is 5.52. The molecule has 2 aromatic heterocycles. The fourth-order valence-corrected chi connectivity index (χ4v) is 1.99. The highest BCUT2D eigenvalue weighted by molar-refractivity contribution is 5.56. The summed E-state index contributed by atoms with van der Waals surface area (Å²) in [5, 5.41) is 8.31. The molecule has 2 rings (SSSR count). The van der Waals surface area contributed by atoms with Crippen LogP contribution in [0.1, 0.15) is 0 Å². The zero-order valence-corrected chi connectivity index (χ0v) is 12.5. The van der Waals surface area contributed by atoms with Crippen molar-refractivity contribution in [2.75, 3.05) is 50.1 Å². The van der Waals surface area contributed by atoms with Gasteiger partial charge in [-0.2, -0.15) is 10.2 Å². The summed E-state index contributed by atoms with van der Waals surface area (Å²) in [5.74, 6) is 0.755. The van der Waals surface area contributed by atoms with Gasteiger partial charge in [-0.1, -0.05) is 0 Å². The number of likely N-dealkylation sites (N-methyl/N-ethyl adjacent to an activating group) is 1. The van der Waals surface area contributed by atoms with Crippen molar-refractivity contribution in [3.05, 3.63) is 12.4 Å². The van der Waals surface area contributed by atoms with Gasteiger partial charge in [-0.15, -0.1) is 0 Å². The number of nitrogens with two attached hydrogens (primary N) is 4. The standard InChI is InChI=1S/C12H24N9/c1-21(2,5-3-19-7-9(13)11(15)17-19)6-4-20-8-10(14)12(16)18-20/h7-8H,3-6,13-14H2,1-2H3,(H2,15,17)(H2,16,18)/q+1. The Morgan fingerprint density at radius 3 is 1.52 bits per heavy atom. The van der Waals surface area contributed by atoms with Gasteiger partial charge in [-0.05, 0) is 0 Å². The predicted octanol–water partition coefficient (Wildman–Crippen LogP) is -0.815. The van der Waals surface area contributed by atoms with Gasteiger partial charge < -0.3 is 27.4 Å². The third-order valence-electron chi connectivity index (χ3n) is 3.51. The molecule has 0 aliphatic carbocycles. The van der Waals surface area contributed by atoms with Gasteiger partial charge in [-0.25, -0.2) is 0 Å². The molecule has 0 aliphatic rings. The summed E-state index contributed by atoms with van der Waals surface area (Å²) >= 11 is 0. The summed E-state index contributed by atoms with van der Waals surface area (Å²) in [6.07, 6.45) is 3.51. The topological polar surface area (TPSA) is 140 Å². The van der Waals surface area contributed by atoms with E-state index in [2.05, 4.69) is 24.3 Å². The summed E-state index contributed by atoms with van der Waals surface area (Å²) in [6, 6.07) is 0. The van der Waals surface area contributed by atoms with Gasteiger partial charge in [0.05, 0.1) is 64.0 Å². The van der Waals surface area contributed by atoms with Crippen LogP contribution >= 0.6 is 0 Å². The average Bonchev–Trinajstić information content (AvgIpc) is 2.89. The molecule has 0 fully saturated rings. The highest BCUT2D eigenvalue weighted by atomic mass is 15.4. The minimum absolute atomic E-state index is 0.378. The van der Waals surface area contributed by atoms with Crippen LogP contribution < -0.4 is 22.9 Å². The first kappa shape index (κ1) is 15.0. The summed E-state index contributed by atoms with van der Waals surface area (Å²) in [6.45, 7) is 3.29. The number of aromatic nitrogens is 4. The summed E-state index contributed by atoms with van der Waals surface area (Å²) < 4.78 is 4.35. The van der Waals surface area contributed by atoms with E-state index in [1.54, 1.807) is 21.8 Å². The van der Waals surface area contributed by atoms with Crippen LogP contribution in [-0.2, 0) is 13.1 Å². The van der Waals surface area contributed by atoms with Crippen LogP contribution in [0.25, 0.3) is 0 Å². The molecule has 9 heteroatoms. The molecule has 9 nitrogen and oxygen atoms in total. The lowest BCUT2D eigenvalue weighted by Crippen LogP contribution is -2.44. The maximum Gasteiger partial charge on any atom is 0.168 e. The lowest BCUT2D eigenvalue weighted by Gasteiger charge is -2.29. The normalized spacial score (nSPS) is 11.9. The van der Waals surface area contributed by atoms with E-state index in [-0.39, 0.29) is 0 Å². The molecular weight excluding hydrogens is 270 g/mol. The zero-order valence-electron chi connectivity index (χ0n) is 12.5. The Labute approximate surface area is 123 Å². The third kappa shape index (κ3) is 3.78. The molecule has 0 saturated heterocycles. The highest BCUT2D eigenvalue weighted by Crippen LogP contribution is 2.12. The van der Waals surface area contributed by atoms with Crippen LogP contribution in [-0.4, -0.2) is 51.2 Å². The number of rotatable bonds is 6. The maximum atomic E-state index is 5.68. The SMILES string of the molecule is C[N+](C)(CCn1cc(N)c(N)n1)CCn1cc(N)c(N)n1. The quantitative estimate of drug-likeness (QED) is 0.513. The Morgan fingerprint density at radius 1 is 0.857 bits per heavy atom. The smallest absolute Gasteiger partial charge is 0.168 e. The van der Waals surface area contributed by atoms with Crippen molar-refractivity contribution in [2.45, 2.75) is 13.1 Å². The Hall–Kier alpha value is -2.42. The second-order valence-corrected chi connectivity index (χ2v) is 5.85. The lowest BCUT2D eigenvalue weighted by molar-refractivity contribution is -0.891. The molecule has 0 bridgehead atoms. The van der Waals surface area contributed by atoms with E-state index in [0.717, 1.165) is 30.7 Å². The molecule has 2 aromatic rings. The van der Waals surface area contributed by atoms with Gasteiger partial charge >= 0.3 is 0 Å². The van der Waals surface area contributed by atoms with Gasteiger partial charge in [0.15, 0.2) is 11.6 Å². The van der Waals surface area contributed by atoms with E-state index >= 15 is 0 Å². The van der Waals surface area contributed by atoms with Crippen molar-refractivity contribution in [3.63, 3.8) is 0 Å². The van der Waals surface area contributed by atoms with Crippen molar-refractivity contribution in [2.24, 2.45) is 0 Å². The van der Waals surface area contributed by atoms with Gasteiger partial charge in [0.2, 0.25) is 0 Å². The minimum atomic E-state index is 0.378. The van der Waals surface area contributed by atoms with Crippen molar-refractivity contribution in [1.82, 2.24) is 19.6 Å². The fourth-order valence-electron chi connectivity index (χ4n) is 1.99. The molecule has 0 saturated carbocycles. The van der Waals surface area contributed by atoms with Crippen molar-refractivity contribution < 1.29 is 4.48 Å². The molecule has 0 aliphatic heterocycles. The first-order valence-electron chi connectivity index (χ1n) is 6.76. The molecule has 0 unspecified atom stereocenters. The summed E-state index contributed by atoms with van der Waals surface area (Å²) in [5.41, 5.74) is 23.7. The van der Waals surface area contributed by atoms with Crippen LogP contribution in [0.4, 0.5) is 23.0 Å². The number of hydrogen-bond donors (Lipinski definition) is 4. The molecule has 0 amide bonds.